The Morgan fingerprint density at radius 3 is 1.23 bits per heavy atom. The number of pyridine rings is 3. The van der Waals surface area contributed by atoms with Crippen molar-refractivity contribution >= 4 is 45.6 Å². The number of rotatable bonds is 19. The van der Waals surface area contributed by atoms with E-state index < -0.39 is 0 Å². The summed E-state index contributed by atoms with van der Waals surface area (Å²) < 4.78 is 49.8. The molecule has 8 aromatic heterocycles. The van der Waals surface area contributed by atoms with Crippen LogP contribution in [0.15, 0.2) is 201 Å². The van der Waals surface area contributed by atoms with Crippen molar-refractivity contribution in [2.24, 2.45) is 23.7 Å². The van der Waals surface area contributed by atoms with Gasteiger partial charge < -0.3 is 38.5 Å². The molecular weight excluding hydrogens is 1550 g/mol. The average Bonchev–Trinajstić information content (AvgIpc) is 1.62. The number of hydrogen-bond donors (Lipinski definition) is 0. The van der Waals surface area contributed by atoms with Crippen LogP contribution in [-0.4, -0.2) is 198 Å². The monoisotopic (exact) mass is 1640 g/mol. The lowest BCUT2D eigenvalue weighted by Gasteiger charge is -2.25. The zero-order valence-electron chi connectivity index (χ0n) is 68.3. The summed E-state index contributed by atoms with van der Waals surface area (Å²) in [5, 5.41) is 26.3. The van der Waals surface area contributed by atoms with Crippen molar-refractivity contribution in [3.63, 3.8) is 0 Å². The van der Waals surface area contributed by atoms with E-state index in [1.54, 1.807) is 49.6 Å². The molecule has 4 amide bonds. The van der Waals surface area contributed by atoms with E-state index in [0.29, 0.717) is 95.2 Å². The lowest BCUT2D eigenvalue weighted by Crippen LogP contribution is -2.38. The number of carbonyl (C=O) groups is 4. The predicted octanol–water partition coefficient (Wildman–Crippen LogP) is 13.7. The number of benzene rings is 5. The lowest BCUT2D eigenvalue weighted by molar-refractivity contribution is 0.0700. The molecule has 21 rings (SSSR count). The predicted molar refractivity (Wildman–Crippen MR) is 446 cm³/mol. The topological polar surface area (TPSA) is 301 Å². The van der Waals surface area contributed by atoms with E-state index >= 15 is 0 Å². The standard InChI is InChI=1S/C26H26N6O2.C23H26N6O2.C22H20FN3O2.C21H20FN5O2/c1-16-7-9-24(32-27-11-12-28-32)20(13-16)26(33)31-19-8-10-23(31)18(14-19)15-34-25-17(2)29-21-5-3-4-6-22(21)30-25;1-14-4-6-21(29-25-8-9-26-29)19(10-14)23(30)28-18-5-7-20(28)17(11-18)13-31-22-16(3)24-12-15(2)27-22;23-16-6-9-20(25-12-16)28-13-15-11-17-7-8-19(15)26(17)22(27)18-5-1-3-14-4-2-10-24-21(14)18;22-15-5-8-20(23-12-15)29-13-14-11-16-6-7-18(14)26(16)21(28)17-3-1-2-4-19(17)27-24-9-10-25-27/h3-7,9,11-13,18-19,23H,8,10,14-15H2,1-2H3;4,6,8-10,12,17-18,20H,5,7,11,13H2,1-3H3;1-6,9-10,12,15,17,19H,7-8,11,13H2;1-5,8-10,12,14,16,18H,6-7,11,13H2. The molecule has 30 heteroatoms. The molecule has 0 spiro atoms. The van der Waals surface area contributed by atoms with Gasteiger partial charge in [-0.05, 0) is 184 Å². The molecule has 8 aliphatic heterocycles. The van der Waals surface area contributed by atoms with E-state index in [4.69, 9.17) is 18.9 Å². The SMILES string of the molecule is Cc1ccc(-n2nccn2)c(C(=O)N2C3CCC2C(COc2nc(C)cnc2C)C3)c1.Cc1ccc(-n2nccn2)c(C(=O)N2C3CCC2C(COc2nc4ccccc4nc2C)C3)c1.O=C(c1cccc2cccnc12)N1C2CCC1C(COc1ccc(F)cn1)C2.O=C(c1ccccc1-n1nccn1)N1C2CCC1C(COc1ccc(F)cn1)C2. The molecule has 0 radical (unpaired) electrons. The van der Waals surface area contributed by atoms with Crippen molar-refractivity contribution < 1.29 is 46.9 Å². The molecule has 0 N–H and O–H groups in total. The van der Waals surface area contributed by atoms with Crippen LogP contribution >= 0.6 is 0 Å². The minimum Gasteiger partial charge on any atom is -0.477 e. The summed E-state index contributed by atoms with van der Waals surface area (Å²) in [6.07, 6.45) is 27.2. The van der Waals surface area contributed by atoms with Gasteiger partial charge in [-0.1, -0.05) is 65.7 Å². The van der Waals surface area contributed by atoms with E-state index in [1.165, 1.54) is 38.7 Å². The van der Waals surface area contributed by atoms with Crippen molar-refractivity contribution in [2.45, 2.75) is 160 Å². The number of aryl methyl sites for hydroxylation is 5. The lowest BCUT2D eigenvalue weighted by atomic mass is 9.90. The minimum atomic E-state index is -0.389. The molecule has 0 saturated carbocycles. The molecular formula is C92H92F2N20O8. The van der Waals surface area contributed by atoms with Crippen LogP contribution in [0.25, 0.3) is 39.0 Å². The van der Waals surface area contributed by atoms with E-state index in [1.807, 2.05) is 160 Å². The molecule has 13 aromatic rings. The smallest absolute Gasteiger partial charge is 0.256 e. The fraction of sp³-hybridized carbons (Fsp3) is 0.359. The minimum absolute atomic E-state index is 0.00723. The molecule has 16 heterocycles. The van der Waals surface area contributed by atoms with Gasteiger partial charge in [0.1, 0.15) is 17.3 Å². The largest absolute Gasteiger partial charge is 0.477 e. The third-order valence-electron chi connectivity index (χ3n) is 25.2. The Bertz CT molecular complexity index is 5950. The number of amides is 4. The van der Waals surface area contributed by atoms with Crippen molar-refractivity contribution in [1.29, 1.82) is 0 Å². The van der Waals surface area contributed by atoms with Crippen molar-refractivity contribution in [2.75, 3.05) is 26.4 Å². The number of para-hydroxylation sites is 4. The first-order chi connectivity index (χ1) is 59.5. The normalized spacial score (nSPS) is 22.4. The van der Waals surface area contributed by atoms with Crippen molar-refractivity contribution in [1.82, 2.24) is 99.5 Å². The highest BCUT2D eigenvalue weighted by Gasteiger charge is 2.53. The van der Waals surface area contributed by atoms with Crippen LogP contribution in [0.5, 0.6) is 23.5 Å². The van der Waals surface area contributed by atoms with Crippen LogP contribution in [0.3, 0.4) is 0 Å². The van der Waals surface area contributed by atoms with Gasteiger partial charge >= 0.3 is 0 Å². The van der Waals surface area contributed by atoms with Gasteiger partial charge in [-0.15, -0.1) is 0 Å². The highest BCUT2D eigenvalue weighted by molar-refractivity contribution is 6.06. The first-order valence-corrected chi connectivity index (χ1v) is 41.8. The zero-order valence-corrected chi connectivity index (χ0v) is 68.3. The van der Waals surface area contributed by atoms with Crippen LogP contribution in [0.2, 0.25) is 0 Å². The number of aromatic nitrogens is 16. The summed E-state index contributed by atoms with van der Waals surface area (Å²) in [5.74, 6) is 2.44. The fourth-order valence-corrected chi connectivity index (χ4v) is 19.6. The number of carbonyl (C=O) groups excluding carboxylic acids is 4. The maximum Gasteiger partial charge on any atom is 0.256 e. The number of halogens is 2. The molecule has 28 nitrogen and oxygen atoms in total. The molecule has 12 unspecified atom stereocenters. The molecule has 0 aliphatic carbocycles. The second kappa shape index (κ2) is 34.7. The van der Waals surface area contributed by atoms with Gasteiger partial charge in [-0.2, -0.15) is 45.0 Å². The van der Waals surface area contributed by atoms with Crippen LogP contribution in [-0.2, 0) is 0 Å². The molecule has 8 fully saturated rings. The van der Waals surface area contributed by atoms with Crippen molar-refractivity contribution in [3.05, 3.63) is 264 Å². The third-order valence-corrected chi connectivity index (χ3v) is 25.2. The van der Waals surface area contributed by atoms with E-state index in [9.17, 15) is 28.0 Å². The van der Waals surface area contributed by atoms with Gasteiger partial charge in [0.25, 0.3) is 23.6 Å². The van der Waals surface area contributed by atoms with Gasteiger partial charge in [-0.25, -0.2) is 33.7 Å². The van der Waals surface area contributed by atoms with Gasteiger partial charge in [-0.3, -0.25) is 29.1 Å². The Kier molecular flexibility index (Phi) is 22.7. The van der Waals surface area contributed by atoms with Crippen LogP contribution in [0.1, 0.15) is 147 Å². The average molecular weight is 1640 g/mol. The van der Waals surface area contributed by atoms with Crippen LogP contribution in [0.4, 0.5) is 8.78 Å². The maximum atomic E-state index is 13.8. The van der Waals surface area contributed by atoms with Gasteiger partial charge in [0.15, 0.2) is 0 Å². The summed E-state index contributed by atoms with van der Waals surface area (Å²) in [6.45, 7) is 11.8. The van der Waals surface area contributed by atoms with Gasteiger partial charge in [0.05, 0.1) is 143 Å². The highest BCUT2D eigenvalue weighted by Crippen LogP contribution is 2.48. The summed E-state index contributed by atoms with van der Waals surface area (Å²) in [5.41, 5.74) is 11.6. The molecule has 622 valence electrons. The summed E-state index contributed by atoms with van der Waals surface area (Å²) in [6, 6.07) is 43.8. The molecule has 8 aliphatic rings. The Morgan fingerprint density at radius 1 is 0.361 bits per heavy atom. The molecule has 8 saturated heterocycles. The van der Waals surface area contributed by atoms with E-state index in [2.05, 4.69) is 75.3 Å². The second-order valence-corrected chi connectivity index (χ2v) is 32.8. The molecule has 122 heavy (non-hydrogen) atoms. The van der Waals surface area contributed by atoms with Gasteiger partial charge in [0, 0.05) is 102 Å². The first-order valence-electron chi connectivity index (χ1n) is 41.8. The zero-order chi connectivity index (χ0) is 83.6. The second-order valence-electron chi connectivity index (χ2n) is 32.8. The highest BCUT2D eigenvalue weighted by atomic mass is 19.1. The quantitative estimate of drug-likeness (QED) is 0.0726. The Hall–Kier alpha value is -13.4. The summed E-state index contributed by atoms with van der Waals surface area (Å²) in [4.78, 5) is 97.4. The van der Waals surface area contributed by atoms with E-state index in [0.717, 1.165) is 140 Å². The number of nitrogens with zero attached hydrogens (tertiary/aromatic N) is 20. The number of fused-ring (bicyclic) bond motifs is 10. The molecule has 8 bridgehead atoms. The molecule has 12 atom stereocenters. The van der Waals surface area contributed by atoms with Crippen LogP contribution in [0, 0.1) is 69.9 Å². The Labute approximate surface area is 702 Å². The first kappa shape index (κ1) is 79.7. The van der Waals surface area contributed by atoms with E-state index in [-0.39, 0.29) is 101 Å². The maximum absolute atomic E-state index is 13.8. The van der Waals surface area contributed by atoms with Gasteiger partial charge in [0.2, 0.25) is 23.5 Å². The Balaban J connectivity index is 0.000000111. The summed E-state index contributed by atoms with van der Waals surface area (Å²) >= 11 is 0. The third kappa shape index (κ3) is 16.4. The number of hydrogen-bond acceptors (Lipinski definition) is 21. The molecule has 5 aromatic carbocycles. The van der Waals surface area contributed by atoms with Crippen LogP contribution < -0.4 is 18.9 Å². The van der Waals surface area contributed by atoms with Crippen molar-refractivity contribution in [3.8, 4) is 40.6 Å². The summed E-state index contributed by atoms with van der Waals surface area (Å²) in [7, 11) is 0. The number of ether oxygens (including phenoxy) is 4. The fourth-order valence-electron chi connectivity index (χ4n) is 19.6. The Morgan fingerprint density at radius 2 is 0.762 bits per heavy atom.